The highest BCUT2D eigenvalue weighted by molar-refractivity contribution is 5.83. The van der Waals surface area contributed by atoms with Gasteiger partial charge in [0.25, 0.3) is 0 Å². The molecule has 5 N–H and O–H groups in total. The normalized spacial score (nSPS) is 21.0. The summed E-state index contributed by atoms with van der Waals surface area (Å²) < 4.78 is 58.8. The Kier molecular flexibility index (Phi) is 10.2. The summed E-state index contributed by atoms with van der Waals surface area (Å²) in [5.41, 5.74) is -0.729. The number of halogens is 4. The van der Waals surface area contributed by atoms with Crippen LogP contribution in [0.4, 0.5) is 17.6 Å². The van der Waals surface area contributed by atoms with E-state index in [-0.39, 0.29) is 24.2 Å². The molecule has 34 heavy (non-hydrogen) atoms. The monoisotopic (exact) mass is 496 g/mol. The van der Waals surface area contributed by atoms with Crippen molar-refractivity contribution in [3.8, 4) is 0 Å². The maximum absolute atomic E-state index is 13.6. The van der Waals surface area contributed by atoms with Crippen LogP contribution < -0.4 is 5.32 Å². The maximum atomic E-state index is 13.6. The molecule has 2 heterocycles. The summed E-state index contributed by atoms with van der Waals surface area (Å²) in [6, 6.07) is 3.10. The van der Waals surface area contributed by atoms with Crippen molar-refractivity contribution in [1.29, 1.82) is 0 Å². The maximum Gasteiger partial charge on any atom is 0.416 e. The summed E-state index contributed by atoms with van der Waals surface area (Å²) in [5.74, 6) is -4.17. The fourth-order valence-electron chi connectivity index (χ4n) is 3.93. The van der Waals surface area contributed by atoms with Crippen LogP contribution in [0.1, 0.15) is 30.4 Å². The highest BCUT2D eigenvalue weighted by Crippen LogP contribution is 2.34. The Labute approximate surface area is 192 Å². The van der Waals surface area contributed by atoms with Gasteiger partial charge in [-0.1, -0.05) is 0 Å². The Morgan fingerprint density at radius 2 is 1.65 bits per heavy atom. The quantitative estimate of drug-likeness (QED) is 0.351. The number of benzene rings is 1. The number of carbonyl (C=O) groups is 2. The highest BCUT2D eigenvalue weighted by atomic mass is 19.4. The zero-order valence-corrected chi connectivity index (χ0v) is 18.2. The van der Waals surface area contributed by atoms with E-state index in [2.05, 4.69) is 10.2 Å². The van der Waals surface area contributed by atoms with E-state index >= 15 is 0 Å². The number of aliphatic carboxylic acids is 2. The van der Waals surface area contributed by atoms with Crippen molar-refractivity contribution in [2.75, 3.05) is 26.3 Å². The summed E-state index contributed by atoms with van der Waals surface area (Å²) in [4.78, 5) is 21.7. The van der Waals surface area contributed by atoms with E-state index < -0.39 is 41.7 Å². The number of nitrogens with one attached hydrogen (secondary N) is 1. The van der Waals surface area contributed by atoms with Crippen molar-refractivity contribution in [2.45, 2.75) is 56.3 Å². The average Bonchev–Trinajstić information content (AvgIpc) is 3.31. The molecule has 0 aliphatic carbocycles. The number of aliphatic hydroxyl groups is 2. The van der Waals surface area contributed by atoms with Crippen LogP contribution in [0.25, 0.3) is 0 Å². The van der Waals surface area contributed by atoms with Crippen LogP contribution >= 0.6 is 0 Å². The Balaban J connectivity index is 0.000000347. The van der Waals surface area contributed by atoms with E-state index in [0.717, 1.165) is 50.6 Å². The summed E-state index contributed by atoms with van der Waals surface area (Å²) in [6.45, 7) is 2.98. The van der Waals surface area contributed by atoms with Crippen LogP contribution in [0, 0.1) is 5.82 Å². The summed E-state index contributed by atoms with van der Waals surface area (Å²) in [5, 5.41) is 35.8. The molecule has 2 unspecified atom stereocenters. The third-order valence-corrected chi connectivity index (χ3v) is 5.69. The second-order valence-corrected chi connectivity index (χ2v) is 8.03. The van der Waals surface area contributed by atoms with E-state index in [9.17, 15) is 27.2 Å². The van der Waals surface area contributed by atoms with E-state index in [1.165, 1.54) is 0 Å². The number of nitrogens with zero attached hydrogens (tertiary/aromatic N) is 1. The molecule has 3 atom stereocenters. The van der Waals surface area contributed by atoms with Crippen molar-refractivity contribution in [3.63, 3.8) is 0 Å². The van der Waals surface area contributed by atoms with Crippen LogP contribution in [0.2, 0.25) is 0 Å². The number of carboxylic acids is 2. The highest BCUT2D eigenvalue weighted by Gasteiger charge is 2.36. The van der Waals surface area contributed by atoms with Crippen molar-refractivity contribution in [1.82, 2.24) is 10.2 Å². The van der Waals surface area contributed by atoms with E-state index in [4.69, 9.17) is 25.2 Å². The molecule has 0 amide bonds. The minimum absolute atomic E-state index is 0.0147. The number of aliphatic hydroxyl groups excluding tert-OH is 2. The molecule has 13 heteroatoms. The second kappa shape index (κ2) is 12.4. The first kappa shape index (κ1) is 27.9. The van der Waals surface area contributed by atoms with E-state index in [0.29, 0.717) is 13.2 Å². The number of hydrogen-bond acceptors (Lipinski definition) is 7. The zero-order chi connectivity index (χ0) is 25.5. The minimum Gasteiger partial charge on any atom is -0.479 e. The predicted octanol–water partition coefficient (Wildman–Crippen LogP) is 1.06. The second-order valence-electron chi connectivity index (χ2n) is 8.03. The standard InChI is InChI=1S/C17H22F4N2O.C4H6O6/c18-13-1-2-16(17(19,20)21)12(9-13)11-23(15-3-6-22-10-15)14-4-7-24-8-5-14;5-1(3(7)8)2(6)4(9)10/h1-2,9,14-15,22H,3-8,10-11H2;1-2,5-6H,(H,7,8)(H,9,10)/t15-;/m0./s1. The third kappa shape index (κ3) is 7.87. The van der Waals surface area contributed by atoms with Gasteiger partial charge in [0.1, 0.15) is 5.82 Å². The molecular weight excluding hydrogens is 468 g/mol. The summed E-state index contributed by atoms with van der Waals surface area (Å²) in [7, 11) is 0. The lowest BCUT2D eigenvalue weighted by atomic mass is 10.00. The van der Waals surface area contributed by atoms with E-state index in [1.54, 1.807) is 0 Å². The summed E-state index contributed by atoms with van der Waals surface area (Å²) >= 11 is 0. The molecule has 1 aromatic rings. The lowest BCUT2D eigenvalue weighted by Gasteiger charge is -2.38. The van der Waals surface area contributed by atoms with Crippen molar-refractivity contribution in [3.05, 3.63) is 35.1 Å². The van der Waals surface area contributed by atoms with Gasteiger partial charge in [-0.15, -0.1) is 0 Å². The van der Waals surface area contributed by atoms with Crippen LogP contribution in [-0.2, 0) is 27.0 Å². The topological polar surface area (TPSA) is 140 Å². The van der Waals surface area contributed by atoms with Gasteiger partial charge in [0.15, 0.2) is 12.2 Å². The first-order valence-corrected chi connectivity index (χ1v) is 10.6. The molecule has 2 aliphatic heterocycles. The van der Waals surface area contributed by atoms with Gasteiger partial charge >= 0.3 is 18.1 Å². The number of hydrogen-bond donors (Lipinski definition) is 5. The Morgan fingerprint density at radius 1 is 1.06 bits per heavy atom. The Bertz CT molecular complexity index is 810. The zero-order valence-electron chi connectivity index (χ0n) is 18.2. The van der Waals surface area contributed by atoms with Crippen molar-refractivity contribution >= 4 is 11.9 Å². The average molecular weight is 496 g/mol. The third-order valence-electron chi connectivity index (χ3n) is 5.69. The summed E-state index contributed by atoms with van der Waals surface area (Å²) in [6.07, 6.45) is -6.51. The molecule has 9 nitrogen and oxygen atoms in total. The largest absolute Gasteiger partial charge is 0.479 e. The SMILES string of the molecule is Fc1ccc(C(F)(F)F)c(CN(C2CCOCC2)[C@H]2CCNC2)c1.O=C(O)C(O)C(O)C(=O)O. The number of rotatable bonds is 7. The molecule has 0 radical (unpaired) electrons. The van der Waals surface area contributed by atoms with Crippen molar-refractivity contribution < 1.29 is 52.3 Å². The molecular formula is C21H28F4N2O7. The smallest absolute Gasteiger partial charge is 0.416 e. The van der Waals surface area contributed by atoms with Gasteiger partial charge in [0, 0.05) is 38.4 Å². The Morgan fingerprint density at radius 3 is 2.12 bits per heavy atom. The van der Waals surface area contributed by atoms with Gasteiger partial charge < -0.3 is 30.5 Å². The van der Waals surface area contributed by atoms with Gasteiger partial charge in [-0.05, 0) is 49.6 Å². The van der Waals surface area contributed by atoms with Crippen molar-refractivity contribution in [2.24, 2.45) is 0 Å². The molecule has 1 aromatic carbocycles. The van der Waals surface area contributed by atoms with Gasteiger partial charge in [-0.25, -0.2) is 14.0 Å². The van der Waals surface area contributed by atoms with Gasteiger partial charge in [-0.2, -0.15) is 13.2 Å². The van der Waals surface area contributed by atoms with Gasteiger partial charge in [0.05, 0.1) is 5.56 Å². The van der Waals surface area contributed by atoms with E-state index in [1.807, 2.05) is 0 Å². The molecule has 3 rings (SSSR count). The minimum atomic E-state index is -4.47. The fraction of sp³-hybridized carbons (Fsp3) is 0.619. The first-order valence-electron chi connectivity index (χ1n) is 10.6. The number of alkyl halides is 3. The molecule has 0 bridgehead atoms. The first-order chi connectivity index (χ1) is 15.9. The molecule has 0 saturated carbocycles. The van der Waals surface area contributed by atoms with Crippen LogP contribution in [-0.4, -0.2) is 87.9 Å². The Hall–Kier alpha value is -2.32. The van der Waals surface area contributed by atoms with Gasteiger partial charge in [-0.3, -0.25) is 4.90 Å². The van der Waals surface area contributed by atoms with Crippen LogP contribution in [0.3, 0.4) is 0 Å². The molecule has 2 aliphatic rings. The lowest BCUT2D eigenvalue weighted by Crippen LogP contribution is -2.46. The molecule has 2 saturated heterocycles. The number of carboxylic acid groups (broad SMARTS) is 2. The molecule has 0 aromatic heterocycles. The van der Waals surface area contributed by atoms with Gasteiger partial charge in [0.2, 0.25) is 0 Å². The molecule has 0 spiro atoms. The number of ether oxygens (including phenoxy) is 1. The predicted molar refractivity (Wildman–Crippen MR) is 109 cm³/mol. The van der Waals surface area contributed by atoms with Crippen LogP contribution in [0.5, 0.6) is 0 Å². The molecule has 2 fully saturated rings. The lowest BCUT2D eigenvalue weighted by molar-refractivity contribution is -0.165. The fourth-order valence-corrected chi connectivity index (χ4v) is 3.93. The molecule has 192 valence electrons. The van der Waals surface area contributed by atoms with Crippen LogP contribution in [0.15, 0.2) is 18.2 Å².